The van der Waals surface area contributed by atoms with Crippen molar-refractivity contribution in [1.82, 2.24) is 9.88 Å². The van der Waals surface area contributed by atoms with E-state index in [1.165, 1.54) is 18.2 Å². The van der Waals surface area contributed by atoms with Crippen LogP contribution in [-0.2, 0) is 11.2 Å². The monoisotopic (exact) mass is 435 g/mol. The second kappa shape index (κ2) is 9.88. The van der Waals surface area contributed by atoms with Gasteiger partial charge in [-0.25, -0.2) is 14.8 Å². The van der Waals surface area contributed by atoms with Crippen molar-refractivity contribution in [1.29, 1.82) is 0 Å². The molecule has 6 heteroatoms. The molecular formula is C25H29N3O2S. The van der Waals surface area contributed by atoms with E-state index in [0.717, 1.165) is 46.0 Å². The van der Waals surface area contributed by atoms with Crippen molar-refractivity contribution in [2.24, 2.45) is 4.99 Å². The molecule has 0 saturated heterocycles. The molecule has 3 rings (SSSR count). The van der Waals surface area contributed by atoms with E-state index in [1.807, 2.05) is 48.8 Å². The molecule has 0 unspecified atom stereocenters. The van der Waals surface area contributed by atoms with Gasteiger partial charge in [0, 0.05) is 31.0 Å². The Bertz CT molecular complexity index is 1120. The van der Waals surface area contributed by atoms with Crippen LogP contribution in [0.25, 0.3) is 11.3 Å². The van der Waals surface area contributed by atoms with Crippen LogP contribution in [0.1, 0.15) is 44.5 Å². The zero-order valence-electron chi connectivity index (χ0n) is 19.0. The fraction of sp³-hybridized carbons (Fsp3) is 0.320. The number of aromatic nitrogens is 1. The number of esters is 1. The highest BCUT2D eigenvalue weighted by Gasteiger charge is 2.16. The molecule has 0 fully saturated rings. The molecule has 162 valence electrons. The van der Waals surface area contributed by atoms with E-state index in [9.17, 15) is 4.79 Å². The summed E-state index contributed by atoms with van der Waals surface area (Å²) in [5.74, 6) is -0.343. The van der Waals surface area contributed by atoms with Crippen molar-refractivity contribution in [3.8, 4) is 11.3 Å². The van der Waals surface area contributed by atoms with Crippen molar-refractivity contribution in [3.63, 3.8) is 0 Å². The van der Waals surface area contributed by atoms with Gasteiger partial charge in [0.25, 0.3) is 0 Å². The molecule has 3 aromatic rings. The van der Waals surface area contributed by atoms with Crippen LogP contribution in [0.4, 0.5) is 5.69 Å². The molecule has 0 aliphatic heterocycles. The summed E-state index contributed by atoms with van der Waals surface area (Å²) in [5, 5.41) is 3.02. The lowest BCUT2D eigenvalue weighted by molar-refractivity contribution is 0.0601. The Kier molecular flexibility index (Phi) is 7.23. The number of carbonyl (C=O) groups excluding carboxylic acids is 1. The number of aryl methyl sites for hydroxylation is 3. The van der Waals surface area contributed by atoms with Crippen LogP contribution in [0.2, 0.25) is 0 Å². The number of thiazole rings is 1. The summed E-state index contributed by atoms with van der Waals surface area (Å²) in [4.78, 5) is 23.7. The van der Waals surface area contributed by atoms with E-state index in [1.54, 1.807) is 11.3 Å². The summed E-state index contributed by atoms with van der Waals surface area (Å²) >= 11 is 1.61. The van der Waals surface area contributed by atoms with Gasteiger partial charge in [-0.15, -0.1) is 11.3 Å². The van der Waals surface area contributed by atoms with Crippen molar-refractivity contribution in [3.05, 3.63) is 68.5 Å². The minimum absolute atomic E-state index is 0.343. The summed E-state index contributed by atoms with van der Waals surface area (Å²) in [6.07, 6.45) is 2.62. The molecular weight excluding hydrogens is 406 g/mol. The molecule has 31 heavy (non-hydrogen) atoms. The first-order valence-electron chi connectivity index (χ1n) is 10.3. The quantitative estimate of drug-likeness (QED) is 0.270. The number of hydrogen-bond donors (Lipinski definition) is 0. The van der Waals surface area contributed by atoms with E-state index in [-0.39, 0.29) is 5.97 Å². The molecule has 0 atom stereocenters. The Labute approximate surface area is 188 Å². The van der Waals surface area contributed by atoms with Gasteiger partial charge in [-0.05, 0) is 56.5 Å². The lowest BCUT2D eigenvalue weighted by Gasteiger charge is -2.11. The fourth-order valence-corrected chi connectivity index (χ4v) is 4.09. The molecule has 1 aromatic heterocycles. The Balaban J connectivity index is 1.86. The van der Waals surface area contributed by atoms with Gasteiger partial charge >= 0.3 is 5.97 Å². The standard InChI is InChI=1S/C25H29N3O2S/c1-7-28(5)15-26-22-12-17(3)19(11-18(22)4)13-24-27-23(14-31-24)20-9-8-16(2)10-21(20)25(29)30-6/h8-12,14-15H,7,13H2,1-6H3. The van der Waals surface area contributed by atoms with Crippen molar-refractivity contribution in [2.75, 3.05) is 20.7 Å². The van der Waals surface area contributed by atoms with E-state index < -0.39 is 0 Å². The minimum atomic E-state index is -0.343. The molecule has 0 radical (unpaired) electrons. The number of hydrogen-bond acceptors (Lipinski definition) is 5. The molecule has 0 aliphatic carbocycles. The van der Waals surface area contributed by atoms with Gasteiger partial charge in [-0.2, -0.15) is 0 Å². The third-order valence-electron chi connectivity index (χ3n) is 5.30. The molecule has 2 aromatic carbocycles. The summed E-state index contributed by atoms with van der Waals surface area (Å²) in [7, 11) is 3.42. The van der Waals surface area contributed by atoms with Crippen LogP contribution in [0.5, 0.6) is 0 Å². The number of nitrogens with zero attached hydrogens (tertiary/aromatic N) is 3. The maximum absolute atomic E-state index is 12.2. The molecule has 1 heterocycles. The Hall–Kier alpha value is -2.99. The van der Waals surface area contributed by atoms with Crippen molar-refractivity contribution < 1.29 is 9.53 Å². The normalized spacial score (nSPS) is 11.2. The molecule has 0 bridgehead atoms. The molecule has 0 saturated carbocycles. The first kappa shape index (κ1) is 22.7. The number of carbonyl (C=O) groups is 1. The van der Waals surface area contributed by atoms with Crippen LogP contribution in [-0.4, -0.2) is 42.9 Å². The van der Waals surface area contributed by atoms with Gasteiger partial charge in [0.1, 0.15) is 0 Å². The van der Waals surface area contributed by atoms with Gasteiger partial charge in [0.05, 0.1) is 35.4 Å². The lowest BCUT2D eigenvalue weighted by Crippen LogP contribution is -2.14. The molecule has 0 aliphatic rings. The van der Waals surface area contributed by atoms with Crippen LogP contribution in [0.15, 0.2) is 40.7 Å². The van der Waals surface area contributed by atoms with Crippen molar-refractivity contribution in [2.45, 2.75) is 34.1 Å². The van der Waals surface area contributed by atoms with Gasteiger partial charge in [-0.3, -0.25) is 0 Å². The largest absolute Gasteiger partial charge is 0.465 e. The van der Waals surface area contributed by atoms with Crippen LogP contribution in [0.3, 0.4) is 0 Å². The van der Waals surface area contributed by atoms with Crippen molar-refractivity contribution >= 4 is 29.3 Å². The third kappa shape index (κ3) is 5.39. The van der Waals surface area contributed by atoms with Gasteiger partial charge in [0.15, 0.2) is 0 Å². The Morgan fingerprint density at radius 2 is 1.97 bits per heavy atom. The van der Waals surface area contributed by atoms with E-state index in [4.69, 9.17) is 9.72 Å². The van der Waals surface area contributed by atoms with Gasteiger partial charge in [-0.1, -0.05) is 23.8 Å². The Morgan fingerprint density at radius 1 is 1.19 bits per heavy atom. The molecule has 5 nitrogen and oxygen atoms in total. The van der Waals surface area contributed by atoms with Gasteiger partial charge < -0.3 is 9.64 Å². The number of rotatable bonds is 7. The van der Waals surface area contributed by atoms with Crippen LogP contribution >= 0.6 is 11.3 Å². The maximum atomic E-state index is 12.2. The molecule has 0 amide bonds. The Morgan fingerprint density at radius 3 is 2.68 bits per heavy atom. The third-order valence-corrected chi connectivity index (χ3v) is 6.15. The molecule has 0 spiro atoms. The molecule has 0 N–H and O–H groups in total. The van der Waals surface area contributed by atoms with E-state index in [0.29, 0.717) is 5.56 Å². The second-order valence-corrected chi connectivity index (χ2v) is 8.67. The number of ether oxygens (including phenoxy) is 1. The lowest BCUT2D eigenvalue weighted by atomic mass is 10.0. The zero-order chi connectivity index (χ0) is 22.5. The SMILES string of the molecule is CCN(C)C=Nc1cc(C)c(Cc2nc(-c3ccc(C)cc3C(=O)OC)cs2)cc1C. The average Bonchev–Trinajstić information content (AvgIpc) is 3.22. The fourth-order valence-electron chi connectivity index (χ4n) is 3.27. The maximum Gasteiger partial charge on any atom is 0.338 e. The summed E-state index contributed by atoms with van der Waals surface area (Å²) in [6, 6.07) is 10.1. The predicted octanol–water partition coefficient (Wildman–Crippen LogP) is 5.72. The topological polar surface area (TPSA) is 54.8 Å². The van der Waals surface area contributed by atoms with Crippen LogP contribution in [0, 0.1) is 20.8 Å². The minimum Gasteiger partial charge on any atom is -0.465 e. The average molecular weight is 436 g/mol. The first-order chi connectivity index (χ1) is 14.8. The first-order valence-corrected chi connectivity index (χ1v) is 11.2. The number of aliphatic imine (C=N–C) groups is 1. The van der Waals surface area contributed by atoms with E-state index >= 15 is 0 Å². The highest BCUT2D eigenvalue weighted by molar-refractivity contribution is 7.10. The number of methoxy groups -OCH3 is 1. The number of benzene rings is 2. The van der Waals surface area contributed by atoms with E-state index in [2.05, 4.69) is 37.9 Å². The zero-order valence-corrected chi connectivity index (χ0v) is 19.8. The van der Waals surface area contributed by atoms with Gasteiger partial charge in [0.2, 0.25) is 0 Å². The smallest absolute Gasteiger partial charge is 0.338 e. The predicted molar refractivity (Wildman–Crippen MR) is 129 cm³/mol. The summed E-state index contributed by atoms with van der Waals surface area (Å²) in [5.41, 5.74) is 7.73. The second-order valence-electron chi connectivity index (χ2n) is 7.73. The summed E-state index contributed by atoms with van der Waals surface area (Å²) in [6.45, 7) is 9.18. The highest BCUT2D eigenvalue weighted by Crippen LogP contribution is 2.30. The highest BCUT2D eigenvalue weighted by atomic mass is 32.1. The summed E-state index contributed by atoms with van der Waals surface area (Å²) < 4.78 is 4.96. The van der Waals surface area contributed by atoms with Crippen LogP contribution < -0.4 is 0 Å².